The van der Waals surface area contributed by atoms with Crippen LogP contribution in [0.25, 0.3) is 10.2 Å². The summed E-state index contributed by atoms with van der Waals surface area (Å²) in [5.41, 5.74) is 2.21. The number of amides is 1. The number of aromatic nitrogens is 1. The first-order valence-electron chi connectivity index (χ1n) is 10.3. The fourth-order valence-corrected chi connectivity index (χ4v) is 5.38. The zero-order valence-corrected chi connectivity index (χ0v) is 17.1. The Morgan fingerprint density at radius 1 is 1.10 bits per heavy atom. The minimum atomic E-state index is -0.236. The largest absolute Gasteiger partial charge is 0.346 e. The third kappa shape index (κ3) is 3.86. The van der Waals surface area contributed by atoms with Gasteiger partial charge in [0.15, 0.2) is 5.13 Å². The summed E-state index contributed by atoms with van der Waals surface area (Å²) in [5, 5.41) is 0.885. The third-order valence-electron chi connectivity index (χ3n) is 6.13. The highest BCUT2D eigenvalue weighted by atomic mass is 32.1. The lowest BCUT2D eigenvalue weighted by atomic mass is 9.89. The highest BCUT2D eigenvalue weighted by Gasteiger charge is 2.37. The molecule has 3 heterocycles. The summed E-state index contributed by atoms with van der Waals surface area (Å²) in [6.07, 6.45) is 3.28. The highest BCUT2D eigenvalue weighted by Crippen LogP contribution is 2.34. The van der Waals surface area contributed by atoms with Crippen LogP contribution in [0.4, 0.5) is 9.52 Å². The number of benzene rings is 2. The van der Waals surface area contributed by atoms with Gasteiger partial charge in [-0.25, -0.2) is 9.37 Å². The van der Waals surface area contributed by atoms with E-state index < -0.39 is 0 Å². The smallest absolute Gasteiger partial charge is 0.229 e. The van der Waals surface area contributed by atoms with E-state index in [0.29, 0.717) is 19.0 Å². The molecular formula is C23H24FN3OS. The molecule has 2 fully saturated rings. The molecule has 0 atom stereocenters. The van der Waals surface area contributed by atoms with Gasteiger partial charge in [0, 0.05) is 26.2 Å². The van der Waals surface area contributed by atoms with Crippen LogP contribution in [-0.4, -0.2) is 42.0 Å². The highest BCUT2D eigenvalue weighted by molar-refractivity contribution is 7.22. The van der Waals surface area contributed by atoms with Crippen LogP contribution in [0, 0.1) is 17.7 Å². The van der Waals surface area contributed by atoms with Crippen LogP contribution in [0.15, 0.2) is 48.5 Å². The Hall–Kier alpha value is -2.47. The van der Waals surface area contributed by atoms with Crippen molar-refractivity contribution in [3.8, 4) is 0 Å². The van der Waals surface area contributed by atoms with Gasteiger partial charge < -0.3 is 9.80 Å². The molecule has 0 bridgehead atoms. The Bertz CT molecular complexity index is 1010. The number of carbonyl (C=O) groups excluding carboxylic acids is 1. The van der Waals surface area contributed by atoms with Gasteiger partial charge in [-0.3, -0.25) is 4.79 Å². The molecule has 1 amide bonds. The average Bonchev–Trinajstić information content (AvgIpc) is 3.10. The molecule has 2 aliphatic heterocycles. The predicted octanol–water partition coefficient (Wildman–Crippen LogP) is 4.35. The monoisotopic (exact) mass is 409 g/mol. The molecule has 1 aromatic heterocycles. The van der Waals surface area contributed by atoms with E-state index in [0.717, 1.165) is 47.7 Å². The zero-order valence-electron chi connectivity index (χ0n) is 16.3. The molecule has 2 aliphatic rings. The third-order valence-corrected chi connectivity index (χ3v) is 7.21. The molecule has 150 valence electrons. The van der Waals surface area contributed by atoms with Crippen molar-refractivity contribution in [3.05, 3.63) is 59.9 Å². The molecule has 3 aromatic rings. The van der Waals surface area contributed by atoms with Crippen LogP contribution in [0.5, 0.6) is 0 Å². The maximum Gasteiger partial charge on any atom is 0.229 e. The van der Waals surface area contributed by atoms with E-state index in [1.54, 1.807) is 6.07 Å². The molecule has 0 radical (unpaired) electrons. The van der Waals surface area contributed by atoms with Crippen molar-refractivity contribution in [2.75, 3.05) is 31.1 Å². The van der Waals surface area contributed by atoms with E-state index in [-0.39, 0.29) is 17.6 Å². The van der Waals surface area contributed by atoms with Crippen LogP contribution >= 0.6 is 11.3 Å². The summed E-state index contributed by atoms with van der Waals surface area (Å²) >= 11 is 1.50. The number of hydrogen-bond acceptors (Lipinski definition) is 4. The number of nitrogens with zero attached hydrogens (tertiary/aromatic N) is 3. The first-order chi connectivity index (χ1) is 14.2. The Labute approximate surface area is 174 Å². The van der Waals surface area contributed by atoms with Gasteiger partial charge in [-0.15, -0.1) is 0 Å². The molecule has 0 N–H and O–H groups in total. The molecule has 0 spiro atoms. The Balaban J connectivity index is 1.13. The number of carbonyl (C=O) groups is 1. The van der Waals surface area contributed by atoms with Gasteiger partial charge in [-0.2, -0.15) is 0 Å². The average molecular weight is 410 g/mol. The lowest BCUT2D eigenvalue weighted by Gasteiger charge is -2.42. The molecule has 29 heavy (non-hydrogen) atoms. The zero-order chi connectivity index (χ0) is 19.8. The topological polar surface area (TPSA) is 36.4 Å². The lowest BCUT2D eigenvalue weighted by Crippen LogP contribution is -2.55. The minimum Gasteiger partial charge on any atom is -0.346 e. The molecular weight excluding hydrogens is 385 g/mol. The second-order valence-electron chi connectivity index (χ2n) is 8.17. The molecule has 2 saturated heterocycles. The lowest BCUT2D eigenvalue weighted by molar-refractivity contribution is -0.137. The summed E-state index contributed by atoms with van der Waals surface area (Å²) in [6.45, 7) is 3.16. The maximum absolute atomic E-state index is 13.4. The first kappa shape index (κ1) is 18.6. The number of piperidine rings is 1. The van der Waals surface area contributed by atoms with Crippen LogP contribution in [0.2, 0.25) is 0 Å². The van der Waals surface area contributed by atoms with Gasteiger partial charge in [0.1, 0.15) is 5.82 Å². The Morgan fingerprint density at radius 3 is 2.62 bits per heavy atom. The number of rotatable bonds is 4. The SMILES string of the molecule is O=C(C1CN(c2nc3ccc(F)cc3s2)C1)N1CCC(Cc2ccccc2)CC1. The molecule has 0 aliphatic carbocycles. The van der Waals surface area contributed by atoms with Crippen molar-refractivity contribution in [3.63, 3.8) is 0 Å². The fourth-order valence-electron chi connectivity index (χ4n) is 4.38. The van der Waals surface area contributed by atoms with Crippen molar-refractivity contribution >= 4 is 32.6 Å². The van der Waals surface area contributed by atoms with Crippen LogP contribution in [-0.2, 0) is 11.2 Å². The van der Waals surface area contributed by atoms with Crippen molar-refractivity contribution in [1.29, 1.82) is 0 Å². The van der Waals surface area contributed by atoms with E-state index in [1.807, 2.05) is 0 Å². The number of likely N-dealkylation sites (tertiary alicyclic amines) is 1. The number of fused-ring (bicyclic) bond motifs is 1. The van der Waals surface area contributed by atoms with Crippen molar-refractivity contribution < 1.29 is 9.18 Å². The van der Waals surface area contributed by atoms with E-state index >= 15 is 0 Å². The summed E-state index contributed by atoms with van der Waals surface area (Å²) in [7, 11) is 0. The summed E-state index contributed by atoms with van der Waals surface area (Å²) in [5.74, 6) is 0.776. The van der Waals surface area contributed by atoms with E-state index in [1.165, 1.54) is 29.0 Å². The second kappa shape index (κ2) is 7.75. The molecule has 6 heteroatoms. The molecule has 0 saturated carbocycles. The van der Waals surface area contributed by atoms with E-state index in [9.17, 15) is 9.18 Å². The number of anilines is 1. The van der Waals surface area contributed by atoms with Crippen LogP contribution in [0.1, 0.15) is 18.4 Å². The molecule has 4 nitrogen and oxygen atoms in total. The van der Waals surface area contributed by atoms with Gasteiger partial charge in [0.2, 0.25) is 5.91 Å². The minimum absolute atomic E-state index is 0.0596. The number of hydrogen-bond donors (Lipinski definition) is 0. The van der Waals surface area contributed by atoms with Crippen LogP contribution < -0.4 is 4.90 Å². The van der Waals surface area contributed by atoms with Crippen molar-refractivity contribution in [2.24, 2.45) is 11.8 Å². The predicted molar refractivity (Wildman–Crippen MR) is 115 cm³/mol. The van der Waals surface area contributed by atoms with Gasteiger partial charge in [0.05, 0.1) is 16.1 Å². The summed E-state index contributed by atoms with van der Waals surface area (Å²) in [4.78, 5) is 21.6. The standard InChI is InChI=1S/C23H24FN3OS/c24-19-6-7-20-21(13-19)29-23(25-20)27-14-18(15-27)22(28)26-10-8-17(9-11-26)12-16-4-2-1-3-5-16/h1-7,13,17-18H,8-12,14-15H2. The van der Waals surface area contributed by atoms with Crippen molar-refractivity contribution in [2.45, 2.75) is 19.3 Å². The quantitative estimate of drug-likeness (QED) is 0.643. The number of thiazole rings is 1. The van der Waals surface area contributed by atoms with Gasteiger partial charge in [-0.1, -0.05) is 41.7 Å². The summed E-state index contributed by atoms with van der Waals surface area (Å²) in [6, 6.07) is 15.3. The Morgan fingerprint density at radius 2 is 1.86 bits per heavy atom. The van der Waals surface area contributed by atoms with Gasteiger partial charge >= 0.3 is 0 Å². The fraction of sp³-hybridized carbons (Fsp3) is 0.391. The normalized spacial score (nSPS) is 18.2. The van der Waals surface area contributed by atoms with E-state index in [2.05, 4.69) is 45.1 Å². The van der Waals surface area contributed by atoms with Crippen LogP contribution in [0.3, 0.4) is 0 Å². The number of halogens is 1. The molecule has 5 rings (SSSR count). The van der Waals surface area contributed by atoms with E-state index in [4.69, 9.17) is 0 Å². The summed E-state index contributed by atoms with van der Waals surface area (Å²) < 4.78 is 14.2. The Kier molecular flexibility index (Phi) is 4.96. The van der Waals surface area contributed by atoms with Gasteiger partial charge in [-0.05, 0) is 48.9 Å². The second-order valence-corrected chi connectivity index (χ2v) is 9.18. The maximum atomic E-state index is 13.4. The van der Waals surface area contributed by atoms with Gasteiger partial charge in [0.25, 0.3) is 0 Å². The first-order valence-corrected chi connectivity index (χ1v) is 11.1. The molecule has 0 unspecified atom stereocenters. The van der Waals surface area contributed by atoms with Crippen molar-refractivity contribution in [1.82, 2.24) is 9.88 Å². The molecule has 2 aromatic carbocycles.